The van der Waals surface area contributed by atoms with Crippen molar-refractivity contribution in [3.05, 3.63) is 60.2 Å². The summed E-state index contributed by atoms with van der Waals surface area (Å²) in [6.07, 6.45) is 1.33. The first kappa shape index (κ1) is 26.4. The molecule has 0 fully saturated rings. The summed E-state index contributed by atoms with van der Waals surface area (Å²) in [7, 11) is -3.85. The number of hydrogen-bond donors (Lipinski definition) is 3. The maximum atomic E-state index is 12.8. The van der Waals surface area contributed by atoms with Crippen LogP contribution in [0.25, 0.3) is 0 Å². The molecule has 0 radical (unpaired) electrons. The number of carbonyl (C=O) groups excluding carboxylic acids is 3. The predicted molar refractivity (Wildman–Crippen MR) is 127 cm³/mol. The van der Waals surface area contributed by atoms with Gasteiger partial charge in [-0.3, -0.25) is 9.59 Å². The molecule has 0 bridgehead atoms. The number of nitrogens with two attached hydrogens (primary N) is 1. The second kappa shape index (κ2) is 12.4. The quantitative estimate of drug-likeness (QED) is 0.407. The van der Waals surface area contributed by atoms with Gasteiger partial charge in [-0.25, -0.2) is 18.4 Å². The van der Waals surface area contributed by atoms with Crippen LogP contribution in [0, 0.1) is 0 Å². The van der Waals surface area contributed by atoms with E-state index in [0.29, 0.717) is 23.4 Å². The highest BCUT2D eigenvalue weighted by molar-refractivity contribution is 7.98. The lowest BCUT2D eigenvalue weighted by Gasteiger charge is -2.21. The summed E-state index contributed by atoms with van der Waals surface area (Å²) in [5, 5.41) is 10.3. The summed E-state index contributed by atoms with van der Waals surface area (Å²) in [6, 6.07) is 12.9. The van der Waals surface area contributed by atoms with Crippen molar-refractivity contribution in [3.63, 3.8) is 0 Å². The predicted octanol–water partition coefficient (Wildman–Crippen LogP) is 2.15. The summed E-state index contributed by atoms with van der Waals surface area (Å²) in [5.74, 6) is -1.09. The highest BCUT2D eigenvalue weighted by Gasteiger charge is 2.28. The summed E-state index contributed by atoms with van der Waals surface area (Å²) in [6.45, 7) is 1.68. The lowest BCUT2D eigenvalue weighted by atomic mass is 10.1. The molecule has 0 saturated heterocycles. The number of rotatable bonds is 11. The molecule has 9 nitrogen and oxygen atoms in total. The molecule has 2 unspecified atom stereocenters. The molecule has 2 aromatic carbocycles. The Morgan fingerprint density at radius 1 is 1.06 bits per heavy atom. The summed E-state index contributed by atoms with van der Waals surface area (Å²) in [5.41, 5.74) is 0.727. The first-order chi connectivity index (χ1) is 15.7. The van der Waals surface area contributed by atoms with E-state index >= 15 is 0 Å². The van der Waals surface area contributed by atoms with Crippen LogP contribution in [0.1, 0.15) is 30.1 Å². The van der Waals surface area contributed by atoms with Gasteiger partial charge in [-0.2, -0.15) is 11.8 Å². The number of carbonyl (C=O) groups is 3. The van der Waals surface area contributed by atoms with Crippen LogP contribution < -0.4 is 15.8 Å². The molecular weight excluding hydrogens is 466 g/mol. The van der Waals surface area contributed by atoms with Crippen molar-refractivity contribution in [3.8, 4) is 0 Å². The van der Waals surface area contributed by atoms with E-state index in [1.165, 1.54) is 36.0 Å². The van der Waals surface area contributed by atoms with E-state index in [4.69, 9.17) is 9.88 Å². The van der Waals surface area contributed by atoms with Gasteiger partial charge in [-0.15, -0.1) is 0 Å². The van der Waals surface area contributed by atoms with E-state index in [1.807, 2.05) is 6.26 Å². The zero-order valence-corrected chi connectivity index (χ0v) is 19.9. The molecule has 33 heavy (non-hydrogen) atoms. The number of benzene rings is 2. The van der Waals surface area contributed by atoms with Crippen LogP contribution in [0.4, 0.5) is 5.69 Å². The van der Waals surface area contributed by atoms with E-state index < -0.39 is 40.0 Å². The van der Waals surface area contributed by atoms with Crippen LogP contribution in [0.3, 0.4) is 0 Å². The highest BCUT2D eigenvalue weighted by atomic mass is 32.2. The molecule has 2 atom stereocenters. The molecule has 0 aliphatic heterocycles. The van der Waals surface area contributed by atoms with Gasteiger partial charge in [0, 0.05) is 11.3 Å². The lowest BCUT2D eigenvalue weighted by Crippen LogP contribution is -2.45. The number of hydrogen-bond acceptors (Lipinski definition) is 7. The van der Waals surface area contributed by atoms with Crippen molar-refractivity contribution in [1.82, 2.24) is 5.32 Å². The lowest BCUT2D eigenvalue weighted by molar-refractivity contribution is -0.156. The number of sulfonamides is 1. The zero-order chi connectivity index (χ0) is 24.4. The largest absolute Gasteiger partial charge is 0.451 e. The van der Waals surface area contributed by atoms with Crippen molar-refractivity contribution >= 4 is 45.3 Å². The zero-order valence-electron chi connectivity index (χ0n) is 18.3. The van der Waals surface area contributed by atoms with Crippen molar-refractivity contribution in [2.75, 3.05) is 17.3 Å². The van der Waals surface area contributed by atoms with Gasteiger partial charge in [0.2, 0.25) is 10.0 Å². The fourth-order valence-electron chi connectivity index (χ4n) is 2.81. The Morgan fingerprint density at radius 3 is 2.24 bits per heavy atom. The van der Waals surface area contributed by atoms with Gasteiger partial charge in [0.05, 0.1) is 4.90 Å². The molecule has 178 valence electrons. The number of primary sulfonamides is 1. The van der Waals surface area contributed by atoms with E-state index in [2.05, 4.69) is 10.6 Å². The van der Waals surface area contributed by atoms with Gasteiger partial charge in [-0.1, -0.05) is 25.1 Å². The van der Waals surface area contributed by atoms with E-state index in [0.717, 1.165) is 0 Å². The monoisotopic (exact) mass is 493 g/mol. The van der Waals surface area contributed by atoms with E-state index in [-0.39, 0.29) is 11.3 Å². The van der Waals surface area contributed by atoms with Gasteiger partial charge >= 0.3 is 5.97 Å². The van der Waals surface area contributed by atoms with E-state index in [9.17, 15) is 22.8 Å². The smallest absolute Gasteiger partial charge is 0.329 e. The Labute approximate surface area is 197 Å². The molecule has 0 spiro atoms. The number of esters is 1. The van der Waals surface area contributed by atoms with Crippen LogP contribution in [-0.2, 0) is 24.3 Å². The Morgan fingerprint density at radius 2 is 1.70 bits per heavy atom. The average Bonchev–Trinajstić information content (AvgIpc) is 2.80. The Bertz CT molecular complexity index is 1060. The van der Waals surface area contributed by atoms with Crippen LogP contribution in [-0.4, -0.2) is 50.4 Å². The maximum Gasteiger partial charge on any atom is 0.329 e. The molecule has 0 aliphatic carbocycles. The fourth-order valence-corrected chi connectivity index (χ4v) is 3.80. The maximum absolute atomic E-state index is 12.8. The third-order valence-electron chi connectivity index (χ3n) is 4.61. The minimum atomic E-state index is -3.85. The molecule has 0 aromatic heterocycles. The molecule has 0 saturated carbocycles. The van der Waals surface area contributed by atoms with Crippen LogP contribution >= 0.6 is 11.8 Å². The van der Waals surface area contributed by atoms with Gasteiger partial charge < -0.3 is 15.4 Å². The summed E-state index contributed by atoms with van der Waals surface area (Å²) < 4.78 is 28.1. The normalized spacial score (nSPS) is 12.9. The summed E-state index contributed by atoms with van der Waals surface area (Å²) >= 11 is 1.52. The van der Waals surface area contributed by atoms with Crippen molar-refractivity contribution in [1.29, 1.82) is 0 Å². The van der Waals surface area contributed by atoms with Gasteiger partial charge in [0.25, 0.3) is 11.8 Å². The molecule has 0 aliphatic rings. The molecule has 4 N–H and O–H groups in total. The Hall–Kier alpha value is -2.89. The van der Waals surface area contributed by atoms with Gasteiger partial charge in [0.15, 0.2) is 6.10 Å². The minimum absolute atomic E-state index is 0.0928. The van der Waals surface area contributed by atoms with Crippen LogP contribution in [0.5, 0.6) is 0 Å². The van der Waals surface area contributed by atoms with Gasteiger partial charge in [-0.05, 0) is 61.2 Å². The van der Waals surface area contributed by atoms with Crippen molar-refractivity contribution in [2.45, 2.75) is 36.8 Å². The standard InChI is InChI=1S/C22H27N3O6S2/c1-3-19(21(27)24-16-9-11-17(12-10-16)33(23,29)30)31-22(28)18(13-14-32-2)25-20(26)15-7-5-4-6-8-15/h4-12,18-19H,3,13-14H2,1-2H3,(H,24,27)(H,25,26)(H2,23,29,30). The third kappa shape index (κ3) is 8.19. The van der Waals surface area contributed by atoms with E-state index in [1.54, 1.807) is 37.3 Å². The summed E-state index contributed by atoms with van der Waals surface area (Å²) in [4.78, 5) is 37.8. The second-order valence-electron chi connectivity index (χ2n) is 7.07. The van der Waals surface area contributed by atoms with Crippen LogP contribution in [0.2, 0.25) is 0 Å². The SMILES string of the molecule is CCC(OC(=O)C(CCSC)NC(=O)c1ccccc1)C(=O)Nc1ccc(S(N)(=O)=O)cc1. The molecule has 2 amide bonds. The Kier molecular flexibility index (Phi) is 9.89. The average molecular weight is 494 g/mol. The molecule has 2 rings (SSSR count). The number of ether oxygens (including phenoxy) is 1. The molecular formula is C22H27N3O6S2. The van der Waals surface area contributed by atoms with Crippen molar-refractivity contribution in [2.24, 2.45) is 5.14 Å². The van der Waals surface area contributed by atoms with Crippen molar-refractivity contribution < 1.29 is 27.5 Å². The number of amides is 2. The third-order valence-corrected chi connectivity index (χ3v) is 6.18. The second-order valence-corrected chi connectivity index (χ2v) is 9.61. The first-order valence-electron chi connectivity index (χ1n) is 10.1. The van der Waals surface area contributed by atoms with Crippen LogP contribution in [0.15, 0.2) is 59.5 Å². The number of thioether (sulfide) groups is 1. The fraction of sp³-hybridized carbons (Fsp3) is 0.318. The molecule has 0 heterocycles. The first-order valence-corrected chi connectivity index (χ1v) is 13.1. The molecule has 2 aromatic rings. The molecule has 11 heteroatoms. The minimum Gasteiger partial charge on any atom is -0.451 e. The topological polar surface area (TPSA) is 145 Å². The Balaban J connectivity index is 2.05. The highest BCUT2D eigenvalue weighted by Crippen LogP contribution is 2.15. The number of nitrogens with one attached hydrogen (secondary N) is 2. The van der Waals surface area contributed by atoms with Gasteiger partial charge in [0.1, 0.15) is 6.04 Å². The number of anilines is 1.